The Bertz CT molecular complexity index is 228. The van der Waals surface area contributed by atoms with Gasteiger partial charge in [0.05, 0.1) is 5.69 Å². The molecule has 1 atom stereocenters. The van der Waals surface area contributed by atoms with Gasteiger partial charge in [-0.15, -0.1) is 0 Å². The van der Waals surface area contributed by atoms with Crippen LogP contribution >= 0.6 is 11.8 Å². The van der Waals surface area contributed by atoms with Crippen LogP contribution in [-0.2, 0) is 6.54 Å². The molecule has 0 saturated heterocycles. The van der Waals surface area contributed by atoms with Gasteiger partial charge in [-0.25, -0.2) is 9.97 Å². The van der Waals surface area contributed by atoms with Crippen LogP contribution < -0.4 is 5.32 Å². The van der Waals surface area contributed by atoms with Crippen LogP contribution in [0.2, 0.25) is 0 Å². The Morgan fingerprint density at radius 3 is 3.08 bits per heavy atom. The maximum absolute atomic E-state index is 4.13. The highest BCUT2D eigenvalue weighted by Gasteiger charge is 1.99. The predicted molar refractivity (Wildman–Crippen MR) is 56.7 cm³/mol. The molecule has 0 bridgehead atoms. The lowest BCUT2D eigenvalue weighted by Crippen LogP contribution is -2.27. The third-order valence-electron chi connectivity index (χ3n) is 1.69. The molecule has 0 saturated carbocycles. The lowest BCUT2D eigenvalue weighted by Gasteiger charge is -2.11. The van der Waals surface area contributed by atoms with Crippen molar-refractivity contribution in [3.63, 3.8) is 0 Å². The summed E-state index contributed by atoms with van der Waals surface area (Å²) in [5, 5.41) is 3.39. The van der Waals surface area contributed by atoms with E-state index < -0.39 is 0 Å². The van der Waals surface area contributed by atoms with E-state index in [0.717, 1.165) is 18.0 Å². The van der Waals surface area contributed by atoms with Gasteiger partial charge in [0, 0.05) is 24.5 Å². The van der Waals surface area contributed by atoms with Crippen molar-refractivity contribution in [1.29, 1.82) is 0 Å². The molecule has 1 aromatic heterocycles. The minimum atomic E-state index is 0.532. The van der Waals surface area contributed by atoms with E-state index in [1.165, 1.54) is 0 Å². The smallest absolute Gasteiger partial charge is 0.115 e. The molecule has 0 aromatic carbocycles. The minimum absolute atomic E-state index is 0.532. The molecule has 13 heavy (non-hydrogen) atoms. The molecule has 0 aliphatic heterocycles. The molecule has 1 unspecified atom stereocenters. The SMILES string of the molecule is CSCC(C)NCc1ccncn1. The van der Waals surface area contributed by atoms with Crippen LogP contribution in [0.25, 0.3) is 0 Å². The Morgan fingerprint density at radius 1 is 1.62 bits per heavy atom. The largest absolute Gasteiger partial charge is 0.308 e. The van der Waals surface area contributed by atoms with E-state index in [4.69, 9.17) is 0 Å². The average Bonchev–Trinajstić information content (AvgIpc) is 2.17. The summed E-state index contributed by atoms with van der Waals surface area (Å²) in [6, 6.07) is 2.46. The second-order valence-corrected chi connectivity index (χ2v) is 3.85. The van der Waals surface area contributed by atoms with E-state index in [9.17, 15) is 0 Å². The van der Waals surface area contributed by atoms with E-state index in [1.807, 2.05) is 17.8 Å². The summed E-state index contributed by atoms with van der Waals surface area (Å²) >= 11 is 1.85. The van der Waals surface area contributed by atoms with E-state index in [2.05, 4.69) is 28.5 Å². The van der Waals surface area contributed by atoms with Crippen LogP contribution in [0.5, 0.6) is 0 Å². The maximum atomic E-state index is 4.13. The maximum Gasteiger partial charge on any atom is 0.115 e. The van der Waals surface area contributed by atoms with E-state index in [1.54, 1.807) is 12.5 Å². The second kappa shape index (κ2) is 5.94. The van der Waals surface area contributed by atoms with Gasteiger partial charge in [0.15, 0.2) is 0 Å². The average molecular weight is 197 g/mol. The van der Waals surface area contributed by atoms with Crippen LogP contribution in [0, 0.1) is 0 Å². The molecule has 4 heteroatoms. The van der Waals surface area contributed by atoms with Crippen molar-refractivity contribution in [3.8, 4) is 0 Å². The Labute approximate surface area is 83.4 Å². The van der Waals surface area contributed by atoms with Gasteiger partial charge in [-0.3, -0.25) is 0 Å². The standard InChI is InChI=1S/C9H15N3S/c1-8(6-13-2)11-5-9-3-4-10-7-12-9/h3-4,7-8,11H,5-6H2,1-2H3. The molecule has 0 amide bonds. The molecule has 1 heterocycles. The van der Waals surface area contributed by atoms with Gasteiger partial charge in [-0.1, -0.05) is 0 Å². The van der Waals surface area contributed by atoms with Crippen LogP contribution in [0.1, 0.15) is 12.6 Å². The molecular weight excluding hydrogens is 182 g/mol. The monoisotopic (exact) mass is 197 g/mol. The van der Waals surface area contributed by atoms with Crippen molar-refractivity contribution >= 4 is 11.8 Å². The van der Waals surface area contributed by atoms with Crippen LogP contribution in [0.3, 0.4) is 0 Å². The van der Waals surface area contributed by atoms with Gasteiger partial charge >= 0.3 is 0 Å². The summed E-state index contributed by atoms with van der Waals surface area (Å²) in [7, 11) is 0. The molecule has 0 aliphatic rings. The van der Waals surface area contributed by atoms with Crippen molar-refractivity contribution in [2.24, 2.45) is 0 Å². The zero-order valence-corrected chi connectivity index (χ0v) is 8.84. The quantitative estimate of drug-likeness (QED) is 0.772. The van der Waals surface area contributed by atoms with Gasteiger partial charge < -0.3 is 5.32 Å². The van der Waals surface area contributed by atoms with E-state index in [-0.39, 0.29) is 0 Å². The molecule has 1 N–H and O–H groups in total. The second-order valence-electron chi connectivity index (χ2n) is 2.94. The Kier molecular flexibility index (Phi) is 4.78. The fraction of sp³-hybridized carbons (Fsp3) is 0.556. The third-order valence-corrected chi connectivity index (χ3v) is 2.52. The topological polar surface area (TPSA) is 37.8 Å². The van der Waals surface area contributed by atoms with Crippen molar-refractivity contribution in [1.82, 2.24) is 15.3 Å². The van der Waals surface area contributed by atoms with Gasteiger partial charge in [0.1, 0.15) is 6.33 Å². The van der Waals surface area contributed by atoms with Crippen molar-refractivity contribution in [3.05, 3.63) is 24.3 Å². The number of nitrogens with zero attached hydrogens (tertiary/aromatic N) is 2. The first kappa shape index (κ1) is 10.5. The molecule has 0 fully saturated rings. The number of hydrogen-bond acceptors (Lipinski definition) is 4. The minimum Gasteiger partial charge on any atom is -0.308 e. The van der Waals surface area contributed by atoms with Gasteiger partial charge in [0.2, 0.25) is 0 Å². The van der Waals surface area contributed by atoms with Crippen molar-refractivity contribution < 1.29 is 0 Å². The number of nitrogens with one attached hydrogen (secondary N) is 1. The Balaban J connectivity index is 2.27. The fourth-order valence-corrected chi connectivity index (χ4v) is 1.63. The summed E-state index contributed by atoms with van der Waals surface area (Å²) in [5.74, 6) is 1.13. The van der Waals surface area contributed by atoms with Gasteiger partial charge in [0.25, 0.3) is 0 Å². The van der Waals surface area contributed by atoms with Crippen LogP contribution in [0.15, 0.2) is 18.6 Å². The summed E-state index contributed by atoms with van der Waals surface area (Å²) < 4.78 is 0. The Morgan fingerprint density at radius 2 is 2.46 bits per heavy atom. The van der Waals surface area contributed by atoms with Crippen LogP contribution in [0.4, 0.5) is 0 Å². The lowest BCUT2D eigenvalue weighted by atomic mass is 10.3. The summed E-state index contributed by atoms with van der Waals surface area (Å²) in [4.78, 5) is 8.00. The van der Waals surface area contributed by atoms with Gasteiger partial charge in [-0.2, -0.15) is 11.8 Å². The zero-order chi connectivity index (χ0) is 9.52. The summed E-state index contributed by atoms with van der Waals surface area (Å²) in [6.07, 6.45) is 5.46. The molecule has 3 nitrogen and oxygen atoms in total. The fourth-order valence-electron chi connectivity index (χ4n) is 1.01. The first-order valence-electron chi connectivity index (χ1n) is 4.30. The molecule has 72 valence electrons. The molecule has 1 rings (SSSR count). The molecule has 0 radical (unpaired) electrons. The Hall–Kier alpha value is -0.610. The van der Waals surface area contributed by atoms with E-state index >= 15 is 0 Å². The molecule has 0 spiro atoms. The normalized spacial score (nSPS) is 12.8. The summed E-state index contributed by atoms with van der Waals surface area (Å²) in [6.45, 7) is 3.00. The highest BCUT2D eigenvalue weighted by atomic mass is 32.2. The number of aromatic nitrogens is 2. The first-order chi connectivity index (χ1) is 6.33. The predicted octanol–water partition coefficient (Wildman–Crippen LogP) is 1.32. The zero-order valence-electron chi connectivity index (χ0n) is 8.03. The van der Waals surface area contributed by atoms with Crippen LogP contribution in [-0.4, -0.2) is 28.0 Å². The van der Waals surface area contributed by atoms with Gasteiger partial charge in [-0.05, 0) is 19.2 Å². The first-order valence-corrected chi connectivity index (χ1v) is 5.69. The number of hydrogen-bond donors (Lipinski definition) is 1. The third kappa shape index (κ3) is 4.24. The highest BCUT2D eigenvalue weighted by Crippen LogP contribution is 1.97. The molecule has 1 aromatic rings. The summed E-state index contributed by atoms with van der Waals surface area (Å²) in [5.41, 5.74) is 1.04. The highest BCUT2D eigenvalue weighted by molar-refractivity contribution is 7.98. The lowest BCUT2D eigenvalue weighted by molar-refractivity contribution is 0.587. The molecule has 0 aliphatic carbocycles. The van der Waals surface area contributed by atoms with Crippen molar-refractivity contribution in [2.75, 3.05) is 12.0 Å². The van der Waals surface area contributed by atoms with E-state index in [0.29, 0.717) is 6.04 Å². The number of rotatable bonds is 5. The molecular formula is C9H15N3S. The number of thioether (sulfide) groups is 1. The van der Waals surface area contributed by atoms with Crippen molar-refractivity contribution in [2.45, 2.75) is 19.5 Å².